The van der Waals surface area contributed by atoms with E-state index < -0.39 is 0 Å². The molecule has 0 aliphatic carbocycles. The van der Waals surface area contributed by atoms with Gasteiger partial charge in [0.05, 0.1) is 26.4 Å². The Labute approximate surface area is 122 Å². The number of nitrogens with zero attached hydrogens (tertiary/aromatic N) is 5. The van der Waals surface area contributed by atoms with Crippen LogP contribution < -0.4 is 10.5 Å². The lowest BCUT2D eigenvalue weighted by Gasteiger charge is -2.32. The van der Waals surface area contributed by atoms with E-state index in [1.807, 2.05) is 4.57 Å². The summed E-state index contributed by atoms with van der Waals surface area (Å²) in [6.45, 7) is 6.40. The second-order valence-corrected chi connectivity index (χ2v) is 5.02. The molecule has 3 rings (SSSR count). The van der Waals surface area contributed by atoms with Gasteiger partial charge in [0, 0.05) is 13.1 Å². The van der Waals surface area contributed by atoms with Gasteiger partial charge in [-0.2, -0.15) is 4.98 Å². The van der Waals surface area contributed by atoms with E-state index in [4.69, 9.17) is 15.2 Å². The Hall–Kier alpha value is -1.93. The van der Waals surface area contributed by atoms with Crippen LogP contribution in [-0.2, 0) is 11.3 Å². The van der Waals surface area contributed by atoms with Crippen LogP contribution in [0.15, 0.2) is 6.33 Å². The average Bonchev–Trinajstić information content (AvgIpc) is 2.83. The van der Waals surface area contributed by atoms with E-state index in [0.717, 1.165) is 26.2 Å². The SMILES string of the molecule is CCN1CCOC(Cn2c(N)nc3c(OC)ncnc32)C1. The van der Waals surface area contributed by atoms with Gasteiger partial charge in [-0.1, -0.05) is 6.92 Å². The third kappa shape index (κ3) is 2.64. The zero-order valence-corrected chi connectivity index (χ0v) is 12.3. The highest BCUT2D eigenvalue weighted by molar-refractivity contribution is 5.78. The van der Waals surface area contributed by atoms with Gasteiger partial charge in [-0.3, -0.25) is 9.47 Å². The van der Waals surface area contributed by atoms with E-state index in [1.54, 1.807) is 7.11 Å². The molecule has 0 spiro atoms. The smallest absolute Gasteiger partial charge is 0.245 e. The second-order valence-electron chi connectivity index (χ2n) is 5.02. The number of fused-ring (bicyclic) bond motifs is 1. The molecule has 1 fully saturated rings. The van der Waals surface area contributed by atoms with Crippen LogP contribution in [0.25, 0.3) is 11.2 Å². The van der Waals surface area contributed by atoms with Crippen molar-refractivity contribution in [3.05, 3.63) is 6.33 Å². The van der Waals surface area contributed by atoms with Crippen LogP contribution in [0.4, 0.5) is 5.95 Å². The summed E-state index contributed by atoms with van der Waals surface area (Å²) in [7, 11) is 1.56. The third-order valence-electron chi connectivity index (χ3n) is 3.78. The molecule has 1 atom stereocenters. The van der Waals surface area contributed by atoms with E-state index >= 15 is 0 Å². The maximum Gasteiger partial charge on any atom is 0.245 e. The Morgan fingerprint density at radius 1 is 1.48 bits per heavy atom. The molecule has 1 aliphatic rings. The van der Waals surface area contributed by atoms with Crippen molar-refractivity contribution in [2.75, 3.05) is 39.1 Å². The number of nitrogens with two attached hydrogens (primary N) is 1. The normalized spacial score (nSPS) is 20.0. The quantitative estimate of drug-likeness (QED) is 0.856. The number of imidazole rings is 1. The summed E-state index contributed by atoms with van der Waals surface area (Å²) >= 11 is 0. The van der Waals surface area contributed by atoms with Crippen molar-refractivity contribution in [1.29, 1.82) is 0 Å². The first-order valence-electron chi connectivity index (χ1n) is 7.07. The van der Waals surface area contributed by atoms with Gasteiger partial charge in [0.15, 0.2) is 11.2 Å². The minimum absolute atomic E-state index is 0.0827. The molecular weight excluding hydrogens is 272 g/mol. The van der Waals surface area contributed by atoms with E-state index in [2.05, 4.69) is 26.8 Å². The molecule has 0 amide bonds. The third-order valence-corrected chi connectivity index (χ3v) is 3.78. The van der Waals surface area contributed by atoms with Crippen LogP contribution in [0.2, 0.25) is 0 Å². The summed E-state index contributed by atoms with van der Waals surface area (Å²) in [5, 5.41) is 0. The fourth-order valence-corrected chi connectivity index (χ4v) is 2.64. The first kappa shape index (κ1) is 14.0. The molecule has 8 heteroatoms. The molecular formula is C13H20N6O2. The number of aromatic nitrogens is 4. The average molecular weight is 292 g/mol. The van der Waals surface area contributed by atoms with Gasteiger partial charge >= 0.3 is 0 Å². The molecule has 1 aliphatic heterocycles. The summed E-state index contributed by atoms with van der Waals surface area (Å²) in [5.74, 6) is 0.839. The molecule has 2 N–H and O–H groups in total. The number of morpholine rings is 1. The molecule has 2 aromatic heterocycles. The van der Waals surface area contributed by atoms with Gasteiger partial charge < -0.3 is 15.2 Å². The summed E-state index contributed by atoms with van der Waals surface area (Å²) in [6.07, 6.45) is 1.54. The van der Waals surface area contributed by atoms with Crippen LogP contribution in [0, 0.1) is 0 Å². The molecule has 3 heterocycles. The van der Waals surface area contributed by atoms with Gasteiger partial charge in [0.1, 0.15) is 6.33 Å². The predicted octanol–water partition coefficient (Wildman–Crippen LogP) is 0.138. The van der Waals surface area contributed by atoms with E-state index in [-0.39, 0.29) is 6.10 Å². The lowest BCUT2D eigenvalue weighted by molar-refractivity contribution is -0.0336. The summed E-state index contributed by atoms with van der Waals surface area (Å²) in [4.78, 5) is 15.0. The first-order chi connectivity index (χ1) is 10.2. The zero-order chi connectivity index (χ0) is 14.8. The summed E-state index contributed by atoms with van der Waals surface area (Å²) in [5.41, 5.74) is 7.28. The van der Waals surface area contributed by atoms with Crippen molar-refractivity contribution in [3.63, 3.8) is 0 Å². The Kier molecular flexibility index (Phi) is 3.89. The number of likely N-dealkylation sites (N-methyl/N-ethyl adjacent to an activating group) is 1. The molecule has 0 radical (unpaired) electrons. The molecule has 1 saturated heterocycles. The Morgan fingerprint density at radius 2 is 2.33 bits per heavy atom. The van der Waals surface area contributed by atoms with Crippen molar-refractivity contribution < 1.29 is 9.47 Å². The van der Waals surface area contributed by atoms with Crippen molar-refractivity contribution in [1.82, 2.24) is 24.4 Å². The minimum Gasteiger partial charge on any atom is -0.479 e. The van der Waals surface area contributed by atoms with Crippen molar-refractivity contribution in [3.8, 4) is 5.88 Å². The number of hydrogen-bond donors (Lipinski definition) is 1. The Morgan fingerprint density at radius 3 is 3.10 bits per heavy atom. The monoisotopic (exact) mass is 292 g/mol. The predicted molar refractivity (Wildman–Crippen MR) is 78.1 cm³/mol. The molecule has 0 bridgehead atoms. The van der Waals surface area contributed by atoms with Crippen LogP contribution in [-0.4, -0.2) is 63.9 Å². The molecule has 0 aromatic carbocycles. The van der Waals surface area contributed by atoms with Crippen LogP contribution in [0.5, 0.6) is 5.88 Å². The molecule has 21 heavy (non-hydrogen) atoms. The van der Waals surface area contributed by atoms with Crippen molar-refractivity contribution in [2.24, 2.45) is 0 Å². The lowest BCUT2D eigenvalue weighted by atomic mass is 10.2. The van der Waals surface area contributed by atoms with E-state index in [9.17, 15) is 0 Å². The van der Waals surface area contributed by atoms with Gasteiger partial charge in [0.2, 0.25) is 11.8 Å². The van der Waals surface area contributed by atoms with E-state index in [1.165, 1.54) is 6.33 Å². The molecule has 1 unspecified atom stereocenters. The van der Waals surface area contributed by atoms with Crippen molar-refractivity contribution in [2.45, 2.75) is 19.6 Å². The minimum atomic E-state index is 0.0827. The van der Waals surface area contributed by atoms with Crippen molar-refractivity contribution >= 4 is 17.1 Å². The Balaban J connectivity index is 1.88. The van der Waals surface area contributed by atoms with Gasteiger partial charge in [-0.05, 0) is 6.54 Å². The number of hydrogen-bond acceptors (Lipinski definition) is 7. The Bertz CT molecular complexity index is 628. The van der Waals surface area contributed by atoms with Crippen LogP contribution in [0.3, 0.4) is 0 Å². The number of rotatable bonds is 4. The summed E-state index contributed by atoms with van der Waals surface area (Å²) < 4.78 is 12.9. The largest absolute Gasteiger partial charge is 0.479 e. The maximum atomic E-state index is 6.02. The van der Waals surface area contributed by atoms with Crippen LogP contribution in [0.1, 0.15) is 6.92 Å². The molecule has 114 valence electrons. The number of methoxy groups -OCH3 is 1. The number of ether oxygens (including phenoxy) is 2. The standard InChI is InChI=1S/C13H20N6O2/c1-3-18-4-5-21-9(6-18)7-19-11-10(17-13(19)14)12(20-2)16-8-15-11/h8-9H,3-7H2,1-2H3,(H2,14,17). The highest BCUT2D eigenvalue weighted by Crippen LogP contribution is 2.23. The topological polar surface area (TPSA) is 91.3 Å². The number of anilines is 1. The molecule has 2 aromatic rings. The highest BCUT2D eigenvalue weighted by Gasteiger charge is 2.23. The lowest BCUT2D eigenvalue weighted by Crippen LogP contribution is -2.44. The van der Waals surface area contributed by atoms with Gasteiger partial charge in [-0.15, -0.1) is 0 Å². The van der Waals surface area contributed by atoms with E-state index in [0.29, 0.717) is 29.5 Å². The second kappa shape index (κ2) is 5.82. The zero-order valence-electron chi connectivity index (χ0n) is 12.3. The number of nitrogen functional groups attached to an aromatic ring is 1. The molecule has 0 saturated carbocycles. The summed E-state index contributed by atoms with van der Waals surface area (Å²) in [6, 6.07) is 0. The molecule has 8 nitrogen and oxygen atoms in total. The first-order valence-corrected chi connectivity index (χ1v) is 7.07. The van der Waals surface area contributed by atoms with Crippen LogP contribution >= 0.6 is 0 Å². The fourth-order valence-electron chi connectivity index (χ4n) is 2.64. The fraction of sp³-hybridized carbons (Fsp3) is 0.615. The maximum absolute atomic E-state index is 6.02. The van der Waals surface area contributed by atoms with Gasteiger partial charge in [0.25, 0.3) is 0 Å². The van der Waals surface area contributed by atoms with Gasteiger partial charge in [-0.25, -0.2) is 9.97 Å². The highest BCUT2D eigenvalue weighted by atomic mass is 16.5.